The van der Waals surface area contributed by atoms with E-state index in [1.807, 2.05) is 18.2 Å². The predicted octanol–water partition coefficient (Wildman–Crippen LogP) is 5.25. The lowest BCUT2D eigenvalue weighted by Crippen LogP contribution is -2.49. The molecular formula is C33H39ClN2O5S. The van der Waals surface area contributed by atoms with Gasteiger partial charge in [-0.15, -0.1) is 0 Å². The number of amides is 1. The van der Waals surface area contributed by atoms with Crippen molar-refractivity contribution >= 4 is 33.2 Å². The van der Waals surface area contributed by atoms with E-state index in [-0.39, 0.29) is 23.0 Å². The minimum atomic E-state index is -3.84. The lowest BCUT2D eigenvalue weighted by molar-refractivity contribution is 0.0455. The number of halogens is 1. The van der Waals surface area contributed by atoms with Crippen LogP contribution < -0.4 is 14.4 Å². The average molecular weight is 611 g/mol. The zero-order chi connectivity index (χ0) is 29.1. The molecule has 7 nitrogen and oxygen atoms in total. The Morgan fingerprint density at radius 3 is 2.67 bits per heavy atom. The van der Waals surface area contributed by atoms with Gasteiger partial charge in [0.05, 0.1) is 24.2 Å². The molecule has 3 aliphatic carbocycles. The molecule has 0 aromatic heterocycles. The topological polar surface area (TPSA) is 95.9 Å². The number of aryl methyl sites for hydroxylation is 1. The maximum atomic E-state index is 13.3. The van der Waals surface area contributed by atoms with Crippen molar-refractivity contribution in [2.24, 2.45) is 23.7 Å². The molecule has 2 aromatic carbocycles. The molecular weight excluding hydrogens is 572 g/mol. The molecule has 1 spiro atoms. The van der Waals surface area contributed by atoms with Crippen LogP contribution in [-0.2, 0) is 21.9 Å². The normalized spacial score (nSPS) is 33.3. The molecule has 1 amide bonds. The number of fused-ring (bicyclic) bond motifs is 4. The molecule has 5 aliphatic rings. The third-order valence-corrected chi connectivity index (χ3v) is 12.0. The molecule has 9 heteroatoms. The molecule has 0 unspecified atom stereocenters. The molecule has 7 rings (SSSR count). The highest BCUT2D eigenvalue weighted by molar-refractivity contribution is 7.90. The van der Waals surface area contributed by atoms with Crippen molar-refractivity contribution in [3.63, 3.8) is 0 Å². The quantitative estimate of drug-likeness (QED) is 0.429. The summed E-state index contributed by atoms with van der Waals surface area (Å²) in [5.41, 5.74) is 3.38. The second kappa shape index (κ2) is 10.9. The SMILES string of the molecule is O=C1NS(=O)(=O)C[C@H](C2CC2)C/C=C\[C@H](O)[C@@H]2CC[C@H]2CN2C[C@@]3(CCCc4cc(Cl)ccc43)COc3ccc1cc32. The molecule has 2 aliphatic heterocycles. The fourth-order valence-corrected chi connectivity index (χ4v) is 9.48. The van der Waals surface area contributed by atoms with Crippen LogP contribution >= 0.6 is 11.6 Å². The van der Waals surface area contributed by atoms with Gasteiger partial charge in [-0.1, -0.05) is 29.8 Å². The molecule has 2 saturated carbocycles. The fraction of sp³-hybridized carbons (Fsp3) is 0.545. The summed E-state index contributed by atoms with van der Waals surface area (Å²) >= 11 is 6.39. The number of ether oxygens (including phenoxy) is 1. The van der Waals surface area contributed by atoms with Crippen molar-refractivity contribution in [3.8, 4) is 5.75 Å². The zero-order valence-corrected chi connectivity index (χ0v) is 25.4. The number of aliphatic hydroxyl groups is 1. The number of aliphatic hydroxyl groups excluding tert-OH is 1. The van der Waals surface area contributed by atoms with E-state index in [2.05, 4.69) is 21.8 Å². The maximum absolute atomic E-state index is 13.3. The van der Waals surface area contributed by atoms with Gasteiger partial charge in [-0.05, 0) is 116 Å². The van der Waals surface area contributed by atoms with E-state index in [1.54, 1.807) is 18.2 Å². The van der Waals surface area contributed by atoms with Gasteiger partial charge in [0.1, 0.15) is 5.75 Å². The van der Waals surface area contributed by atoms with Crippen LogP contribution in [0.5, 0.6) is 5.75 Å². The largest absolute Gasteiger partial charge is 0.490 e. The number of nitrogens with one attached hydrogen (secondary N) is 1. The fourth-order valence-electron chi connectivity index (χ4n) is 7.83. The predicted molar refractivity (Wildman–Crippen MR) is 164 cm³/mol. The number of hydrogen-bond acceptors (Lipinski definition) is 6. The van der Waals surface area contributed by atoms with Gasteiger partial charge in [0.25, 0.3) is 5.91 Å². The molecule has 2 bridgehead atoms. The van der Waals surface area contributed by atoms with E-state index in [4.69, 9.17) is 16.3 Å². The maximum Gasteiger partial charge on any atom is 0.264 e. The van der Waals surface area contributed by atoms with Crippen molar-refractivity contribution in [1.82, 2.24) is 4.72 Å². The highest BCUT2D eigenvalue weighted by atomic mass is 35.5. The molecule has 42 heavy (non-hydrogen) atoms. The van der Waals surface area contributed by atoms with Crippen LogP contribution in [0, 0.1) is 23.7 Å². The first-order chi connectivity index (χ1) is 20.2. The molecule has 2 N–H and O–H groups in total. The van der Waals surface area contributed by atoms with Crippen molar-refractivity contribution < 1.29 is 23.1 Å². The number of benzene rings is 2. The molecule has 224 valence electrons. The van der Waals surface area contributed by atoms with Gasteiger partial charge in [0.15, 0.2) is 0 Å². The number of carbonyl (C=O) groups is 1. The summed E-state index contributed by atoms with van der Waals surface area (Å²) in [7, 11) is -3.84. The molecule has 0 saturated heterocycles. The first kappa shape index (κ1) is 28.2. The van der Waals surface area contributed by atoms with E-state index >= 15 is 0 Å². The van der Waals surface area contributed by atoms with Gasteiger partial charge in [0.2, 0.25) is 10.0 Å². The summed E-state index contributed by atoms with van der Waals surface area (Å²) in [6.07, 6.45) is 10.9. The van der Waals surface area contributed by atoms with Crippen molar-refractivity contribution in [2.45, 2.75) is 62.9 Å². The van der Waals surface area contributed by atoms with E-state index < -0.39 is 22.0 Å². The highest BCUT2D eigenvalue weighted by Gasteiger charge is 2.44. The van der Waals surface area contributed by atoms with Crippen LogP contribution in [0.15, 0.2) is 48.6 Å². The molecule has 2 fully saturated rings. The Morgan fingerprint density at radius 1 is 1.05 bits per heavy atom. The van der Waals surface area contributed by atoms with Gasteiger partial charge in [-0.2, -0.15) is 0 Å². The number of anilines is 1. The number of sulfonamides is 1. The lowest BCUT2D eigenvalue weighted by atomic mass is 9.68. The van der Waals surface area contributed by atoms with Crippen molar-refractivity contribution in [2.75, 3.05) is 30.3 Å². The second-order valence-electron chi connectivity index (χ2n) is 13.3. The van der Waals surface area contributed by atoms with Gasteiger partial charge < -0.3 is 14.7 Å². The van der Waals surface area contributed by atoms with Crippen LogP contribution in [0.25, 0.3) is 0 Å². The minimum Gasteiger partial charge on any atom is -0.490 e. The summed E-state index contributed by atoms with van der Waals surface area (Å²) in [5.74, 6) is 0.712. The van der Waals surface area contributed by atoms with Crippen LogP contribution in [-0.4, -0.2) is 51.0 Å². The molecule has 2 heterocycles. The van der Waals surface area contributed by atoms with Gasteiger partial charge in [-0.25, -0.2) is 13.1 Å². The van der Waals surface area contributed by atoms with E-state index in [0.29, 0.717) is 42.7 Å². The number of allylic oxidation sites excluding steroid dienone is 1. The molecule has 0 radical (unpaired) electrons. The summed E-state index contributed by atoms with van der Waals surface area (Å²) < 4.78 is 35.1. The molecule has 5 atom stereocenters. The minimum absolute atomic E-state index is 0.0655. The highest BCUT2D eigenvalue weighted by Crippen LogP contribution is 2.47. The number of nitrogens with zero attached hydrogens (tertiary/aromatic N) is 1. The smallest absolute Gasteiger partial charge is 0.264 e. The van der Waals surface area contributed by atoms with Crippen molar-refractivity contribution in [1.29, 1.82) is 0 Å². The standard InChI is InChI=1S/C33H39ClN2O5S/c34-26-10-12-28-22(15-26)4-2-14-33(28)19-36-17-24-8-11-27(24)30(37)5-1-3-25(21-6-7-21)18-42(39,40)35-32(38)23-9-13-31(41-20-33)29(36)16-23/h1,5,9-10,12-13,15-16,21,24-25,27,30,37H,2-4,6-8,11,14,17-20H2,(H,35,38)/b5-1-/t24-,25+,27+,30-,33-/m0/s1. The van der Waals surface area contributed by atoms with E-state index in [9.17, 15) is 18.3 Å². The van der Waals surface area contributed by atoms with E-state index in [1.165, 1.54) is 11.1 Å². The second-order valence-corrected chi connectivity index (χ2v) is 15.5. The van der Waals surface area contributed by atoms with Crippen LogP contribution in [0.1, 0.15) is 66.4 Å². The van der Waals surface area contributed by atoms with Gasteiger partial charge in [0, 0.05) is 29.1 Å². The Labute approximate surface area is 253 Å². The first-order valence-corrected chi connectivity index (χ1v) is 17.4. The van der Waals surface area contributed by atoms with Crippen LogP contribution in [0.2, 0.25) is 5.02 Å². The summed E-state index contributed by atoms with van der Waals surface area (Å²) in [4.78, 5) is 15.7. The zero-order valence-electron chi connectivity index (χ0n) is 23.8. The summed E-state index contributed by atoms with van der Waals surface area (Å²) in [5, 5.41) is 11.9. The van der Waals surface area contributed by atoms with Crippen molar-refractivity contribution in [3.05, 3.63) is 70.3 Å². The van der Waals surface area contributed by atoms with Gasteiger partial charge >= 0.3 is 0 Å². The Balaban J connectivity index is 1.27. The number of hydrogen-bond donors (Lipinski definition) is 2. The number of rotatable bonds is 1. The summed E-state index contributed by atoms with van der Waals surface area (Å²) in [6.45, 7) is 1.94. The first-order valence-electron chi connectivity index (χ1n) is 15.4. The Kier molecular flexibility index (Phi) is 7.30. The Morgan fingerprint density at radius 2 is 1.88 bits per heavy atom. The Bertz CT molecular complexity index is 1520. The summed E-state index contributed by atoms with van der Waals surface area (Å²) in [6, 6.07) is 11.4. The third kappa shape index (κ3) is 5.46. The van der Waals surface area contributed by atoms with Gasteiger partial charge in [-0.3, -0.25) is 4.79 Å². The monoisotopic (exact) mass is 610 g/mol. The van der Waals surface area contributed by atoms with E-state index in [0.717, 1.165) is 62.2 Å². The third-order valence-electron chi connectivity index (χ3n) is 10.4. The van der Waals surface area contributed by atoms with Crippen LogP contribution in [0.4, 0.5) is 5.69 Å². The average Bonchev–Trinajstić information content (AvgIpc) is 3.78. The van der Waals surface area contributed by atoms with Crippen LogP contribution in [0.3, 0.4) is 0 Å². The molecule has 2 aromatic rings. The lowest BCUT2D eigenvalue weighted by Gasteiger charge is -2.45. The Hall–Kier alpha value is -2.55. The number of carbonyl (C=O) groups excluding carboxylic acids is 1.